The number of nitrogens with one attached hydrogen (secondary N) is 1. The summed E-state index contributed by atoms with van der Waals surface area (Å²) in [5, 5.41) is 3.39. The Balaban J connectivity index is 2.01. The molecule has 3 heteroatoms. The largest absolute Gasteiger partial charge is 0.383 e. The van der Waals surface area contributed by atoms with Gasteiger partial charge in [0, 0.05) is 19.7 Å². The van der Waals surface area contributed by atoms with Gasteiger partial charge in [-0.25, -0.2) is 0 Å². The second-order valence-electron chi connectivity index (χ2n) is 3.37. The first-order valence-electron chi connectivity index (χ1n) is 4.67. The molecule has 1 aliphatic rings. The van der Waals surface area contributed by atoms with E-state index in [1.165, 1.54) is 12.8 Å². The maximum atomic E-state index is 5.52. The zero-order valence-corrected chi connectivity index (χ0v) is 8.01. The van der Waals surface area contributed by atoms with Crippen molar-refractivity contribution in [2.24, 2.45) is 0 Å². The fourth-order valence-corrected chi connectivity index (χ4v) is 1.41. The Kier molecular flexibility index (Phi) is 4.58. The van der Waals surface area contributed by atoms with Gasteiger partial charge in [-0.1, -0.05) is 0 Å². The Hall–Kier alpha value is -0.120. The van der Waals surface area contributed by atoms with E-state index in [2.05, 4.69) is 12.2 Å². The summed E-state index contributed by atoms with van der Waals surface area (Å²) in [7, 11) is 1.72. The topological polar surface area (TPSA) is 30.5 Å². The molecule has 2 atom stereocenters. The molecule has 0 unspecified atom stereocenters. The van der Waals surface area contributed by atoms with Crippen LogP contribution in [0.15, 0.2) is 0 Å². The zero-order valence-electron chi connectivity index (χ0n) is 8.01. The van der Waals surface area contributed by atoms with Crippen molar-refractivity contribution in [1.29, 1.82) is 0 Å². The first-order valence-corrected chi connectivity index (χ1v) is 4.67. The molecule has 0 radical (unpaired) electrons. The molecular formula is C9H19NO2. The third kappa shape index (κ3) is 3.52. The molecule has 0 aromatic carbocycles. The van der Waals surface area contributed by atoms with E-state index >= 15 is 0 Å². The van der Waals surface area contributed by atoms with E-state index in [0.29, 0.717) is 12.1 Å². The Morgan fingerprint density at radius 1 is 1.50 bits per heavy atom. The molecule has 1 aliphatic heterocycles. The van der Waals surface area contributed by atoms with Gasteiger partial charge in [0.05, 0.1) is 19.3 Å². The average molecular weight is 173 g/mol. The highest BCUT2D eigenvalue weighted by Crippen LogP contribution is 2.12. The monoisotopic (exact) mass is 173 g/mol. The van der Waals surface area contributed by atoms with Crippen LogP contribution in [-0.2, 0) is 9.47 Å². The van der Waals surface area contributed by atoms with Gasteiger partial charge in [0.15, 0.2) is 0 Å². The van der Waals surface area contributed by atoms with Crippen molar-refractivity contribution in [2.45, 2.75) is 31.9 Å². The van der Waals surface area contributed by atoms with Gasteiger partial charge in [-0.05, 0) is 19.8 Å². The Morgan fingerprint density at radius 2 is 2.33 bits per heavy atom. The summed E-state index contributed by atoms with van der Waals surface area (Å²) in [6.07, 6.45) is 2.85. The van der Waals surface area contributed by atoms with Crippen LogP contribution in [0, 0.1) is 0 Å². The highest BCUT2D eigenvalue weighted by atomic mass is 16.5. The molecule has 1 saturated heterocycles. The molecule has 0 aliphatic carbocycles. The summed E-state index contributed by atoms with van der Waals surface area (Å²) in [5.41, 5.74) is 0. The van der Waals surface area contributed by atoms with Crippen molar-refractivity contribution in [1.82, 2.24) is 5.32 Å². The number of rotatable bonds is 4. The second kappa shape index (κ2) is 5.51. The van der Waals surface area contributed by atoms with E-state index in [0.717, 1.165) is 19.8 Å². The minimum Gasteiger partial charge on any atom is -0.383 e. The molecule has 0 saturated carbocycles. The summed E-state index contributed by atoms with van der Waals surface area (Å²) in [5.74, 6) is 0. The lowest BCUT2D eigenvalue weighted by Gasteiger charge is -2.27. The van der Waals surface area contributed by atoms with Gasteiger partial charge in [-0.3, -0.25) is 0 Å². The number of hydrogen-bond donors (Lipinski definition) is 1. The molecule has 1 heterocycles. The van der Waals surface area contributed by atoms with Gasteiger partial charge in [-0.2, -0.15) is 0 Å². The minimum atomic E-state index is 0.450. The molecular weight excluding hydrogens is 154 g/mol. The summed E-state index contributed by atoms with van der Waals surface area (Å²) in [4.78, 5) is 0. The van der Waals surface area contributed by atoms with E-state index in [-0.39, 0.29) is 0 Å². The average Bonchev–Trinajstić information content (AvgIpc) is 2.09. The molecule has 72 valence electrons. The molecule has 1 fully saturated rings. The Bertz CT molecular complexity index is 111. The highest BCUT2D eigenvalue weighted by Gasteiger charge is 2.17. The molecule has 0 amide bonds. The van der Waals surface area contributed by atoms with E-state index in [1.807, 2.05) is 0 Å². The fourth-order valence-electron chi connectivity index (χ4n) is 1.41. The SMILES string of the molecule is COCCN[C@H]1CC[C@@H](C)OC1. The van der Waals surface area contributed by atoms with Crippen LogP contribution in [0.2, 0.25) is 0 Å². The maximum Gasteiger partial charge on any atom is 0.0623 e. The van der Waals surface area contributed by atoms with E-state index in [4.69, 9.17) is 9.47 Å². The molecule has 1 N–H and O–H groups in total. The Labute approximate surface area is 74.4 Å². The second-order valence-corrected chi connectivity index (χ2v) is 3.37. The molecule has 12 heavy (non-hydrogen) atoms. The summed E-state index contributed by atoms with van der Waals surface area (Å²) < 4.78 is 10.5. The quantitative estimate of drug-likeness (QED) is 0.638. The van der Waals surface area contributed by atoms with E-state index < -0.39 is 0 Å². The first kappa shape index (κ1) is 9.96. The molecule has 0 aromatic rings. The van der Waals surface area contributed by atoms with Crippen molar-refractivity contribution in [3.8, 4) is 0 Å². The third-order valence-electron chi connectivity index (χ3n) is 2.24. The van der Waals surface area contributed by atoms with Gasteiger partial charge in [0.25, 0.3) is 0 Å². The predicted molar refractivity (Wildman–Crippen MR) is 48.3 cm³/mol. The third-order valence-corrected chi connectivity index (χ3v) is 2.24. The lowest BCUT2D eigenvalue weighted by molar-refractivity contribution is 0.00745. The van der Waals surface area contributed by atoms with Crippen LogP contribution in [0.4, 0.5) is 0 Å². The predicted octanol–water partition coefficient (Wildman–Crippen LogP) is 0.790. The van der Waals surface area contributed by atoms with E-state index in [9.17, 15) is 0 Å². The van der Waals surface area contributed by atoms with Crippen molar-refractivity contribution in [3.63, 3.8) is 0 Å². The van der Waals surface area contributed by atoms with Crippen LogP contribution in [0.3, 0.4) is 0 Å². The number of ether oxygens (including phenoxy) is 2. The normalized spacial score (nSPS) is 30.5. The van der Waals surface area contributed by atoms with Gasteiger partial charge >= 0.3 is 0 Å². The molecule has 1 rings (SSSR count). The van der Waals surface area contributed by atoms with Crippen molar-refractivity contribution < 1.29 is 9.47 Å². The Morgan fingerprint density at radius 3 is 2.92 bits per heavy atom. The fraction of sp³-hybridized carbons (Fsp3) is 1.00. The van der Waals surface area contributed by atoms with Crippen LogP contribution in [0.5, 0.6) is 0 Å². The van der Waals surface area contributed by atoms with Gasteiger partial charge in [-0.15, -0.1) is 0 Å². The lowest BCUT2D eigenvalue weighted by Crippen LogP contribution is -2.40. The van der Waals surface area contributed by atoms with Crippen LogP contribution in [0.1, 0.15) is 19.8 Å². The molecule has 0 spiro atoms. The summed E-state index contributed by atoms with van der Waals surface area (Å²) in [6.45, 7) is 4.70. The standard InChI is InChI=1S/C9H19NO2/c1-8-3-4-9(7-12-8)10-5-6-11-2/h8-10H,3-7H2,1-2H3/t8-,9+/m1/s1. The zero-order chi connectivity index (χ0) is 8.81. The molecule has 0 bridgehead atoms. The number of hydrogen-bond acceptors (Lipinski definition) is 3. The summed E-state index contributed by atoms with van der Waals surface area (Å²) >= 11 is 0. The van der Waals surface area contributed by atoms with Gasteiger partial charge < -0.3 is 14.8 Å². The van der Waals surface area contributed by atoms with Crippen LogP contribution >= 0.6 is 0 Å². The summed E-state index contributed by atoms with van der Waals surface area (Å²) in [6, 6.07) is 0.538. The highest BCUT2D eigenvalue weighted by molar-refractivity contribution is 4.72. The smallest absolute Gasteiger partial charge is 0.0623 e. The van der Waals surface area contributed by atoms with Crippen molar-refractivity contribution in [3.05, 3.63) is 0 Å². The number of methoxy groups -OCH3 is 1. The van der Waals surface area contributed by atoms with Crippen molar-refractivity contribution >= 4 is 0 Å². The van der Waals surface area contributed by atoms with Crippen molar-refractivity contribution in [2.75, 3.05) is 26.9 Å². The van der Waals surface area contributed by atoms with E-state index in [1.54, 1.807) is 7.11 Å². The van der Waals surface area contributed by atoms with Crippen LogP contribution in [0.25, 0.3) is 0 Å². The minimum absolute atomic E-state index is 0.450. The first-order chi connectivity index (χ1) is 5.83. The van der Waals surface area contributed by atoms with Gasteiger partial charge in [0.1, 0.15) is 0 Å². The lowest BCUT2D eigenvalue weighted by atomic mass is 10.1. The molecule has 3 nitrogen and oxygen atoms in total. The van der Waals surface area contributed by atoms with Gasteiger partial charge in [0.2, 0.25) is 0 Å². The van der Waals surface area contributed by atoms with Crippen LogP contribution < -0.4 is 5.32 Å². The van der Waals surface area contributed by atoms with Crippen LogP contribution in [-0.4, -0.2) is 39.0 Å². The molecule has 0 aromatic heterocycles. The maximum absolute atomic E-state index is 5.52.